The summed E-state index contributed by atoms with van der Waals surface area (Å²) in [4.78, 5) is 0. The molecule has 0 heterocycles. The Hall–Kier alpha value is -1.44. The highest BCUT2D eigenvalue weighted by atomic mass is 16.5. The standard InChI is InChI=1S/C15H18O2/c1-15-6-4-5-12(15)14-10(9-15)7-11(16-2)8-13(14)17-3/h5,7-8H,4,6,9H2,1-3H3. The van der Waals surface area contributed by atoms with Gasteiger partial charge in [-0.3, -0.25) is 0 Å². The Kier molecular flexibility index (Phi) is 2.22. The molecule has 2 heteroatoms. The summed E-state index contributed by atoms with van der Waals surface area (Å²) in [6, 6.07) is 4.14. The van der Waals surface area contributed by atoms with Crippen molar-refractivity contribution in [2.45, 2.75) is 26.2 Å². The minimum atomic E-state index is 0.321. The van der Waals surface area contributed by atoms with Gasteiger partial charge in [0.1, 0.15) is 11.5 Å². The van der Waals surface area contributed by atoms with E-state index < -0.39 is 0 Å². The van der Waals surface area contributed by atoms with Crippen molar-refractivity contribution in [3.8, 4) is 11.5 Å². The number of allylic oxidation sites excluding steroid dienone is 2. The van der Waals surface area contributed by atoms with Crippen LogP contribution in [0, 0.1) is 5.41 Å². The molecule has 0 N–H and O–H groups in total. The van der Waals surface area contributed by atoms with Crippen molar-refractivity contribution in [2.75, 3.05) is 14.2 Å². The van der Waals surface area contributed by atoms with Crippen LogP contribution < -0.4 is 9.47 Å². The number of methoxy groups -OCH3 is 2. The van der Waals surface area contributed by atoms with E-state index in [9.17, 15) is 0 Å². The Morgan fingerprint density at radius 3 is 2.71 bits per heavy atom. The summed E-state index contributed by atoms with van der Waals surface area (Å²) in [6.07, 6.45) is 5.94. The number of benzene rings is 1. The zero-order chi connectivity index (χ0) is 12.0. The predicted molar refractivity (Wildman–Crippen MR) is 68.6 cm³/mol. The molecule has 0 fully saturated rings. The number of ether oxygens (including phenoxy) is 2. The molecule has 0 spiro atoms. The van der Waals surface area contributed by atoms with Gasteiger partial charge in [0.2, 0.25) is 0 Å². The first kappa shape index (κ1) is 10.7. The van der Waals surface area contributed by atoms with Gasteiger partial charge in [-0.05, 0) is 41.9 Å². The Balaban J connectivity index is 2.20. The van der Waals surface area contributed by atoms with E-state index in [4.69, 9.17) is 9.47 Å². The first-order chi connectivity index (χ1) is 8.18. The van der Waals surface area contributed by atoms with Crippen molar-refractivity contribution >= 4 is 5.57 Å². The fourth-order valence-corrected chi connectivity index (χ4v) is 3.29. The largest absolute Gasteiger partial charge is 0.497 e. The molecule has 0 aliphatic heterocycles. The smallest absolute Gasteiger partial charge is 0.130 e. The van der Waals surface area contributed by atoms with Crippen molar-refractivity contribution in [3.63, 3.8) is 0 Å². The summed E-state index contributed by atoms with van der Waals surface area (Å²) >= 11 is 0. The van der Waals surface area contributed by atoms with Crippen LogP contribution in [-0.2, 0) is 6.42 Å². The first-order valence-electron chi connectivity index (χ1n) is 6.14. The van der Waals surface area contributed by atoms with Crippen molar-refractivity contribution in [1.82, 2.24) is 0 Å². The molecule has 1 atom stereocenters. The predicted octanol–water partition coefficient (Wildman–Crippen LogP) is 3.44. The normalized spacial score (nSPS) is 25.2. The maximum Gasteiger partial charge on any atom is 0.130 e. The number of fused-ring (bicyclic) bond motifs is 3. The maximum absolute atomic E-state index is 5.53. The van der Waals surface area contributed by atoms with Crippen LogP contribution in [-0.4, -0.2) is 14.2 Å². The van der Waals surface area contributed by atoms with Crippen LogP contribution in [0.3, 0.4) is 0 Å². The highest BCUT2D eigenvalue weighted by Crippen LogP contribution is 2.56. The maximum atomic E-state index is 5.53. The molecule has 1 aromatic carbocycles. The summed E-state index contributed by atoms with van der Waals surface area (Å²) in [7, 11) is 3.44. The van der Waals surface area contributed by atoms with Gasteiger partial charge in [-0.15, -0.1) is 0 Å². The van der Waals surface area contributed by atoms with E-state index in [1.165, 1.54) is 29.5 Å². The Morgan fingerprint density at radius 2 is 2.00 bits per heavy atom. The van der Waals surface area contributed by atoms with Crippen LogP contribution in [0.2, 0.25) is 0 Å². The number of hydrogen-bond donors (Lipinski definition) is 0. The molecule has 2 nitrogen and oxygen atoms in total. The Labute approximate surface area is 102 Å². The molecular weight excluding hydrogens is 212 g/mol. The van der Waals surface area contributed by atoms with Crippen molar-refractivity contribution < 1.29 is 9.47 Å². The topological polar surface area (TPSA) is 18.5 Å². The van der Waals surface area contributed by atoms with Gasteiger partial charge in [0, 0.05) is 11.6 Å². The van der Waals surface area contributed by atoms with E-state index in [-0.39, 0.29) is 0 Å². The van der Waals surface area contributed by atoms with Crippen LogP contribution in [0.15, 0.2) is 18.2 Å². The molecule has 0 radical (unpaired) electrons. The third kappa shape index (κ3) is 1.40. The van der Waals surface area contributed by atoms with E-state index in [1.54, 1.807) is 14.2 Å². The molecule has 90 valence electrons. The molecule has 3 rings (SSSR count). The van der Waals surface area contributed by atoms with Gasteiger partial charge < -0.3 is 9.47 Å². The van der Waals surface area contributed by atoms with Gasteiger partial charge in [0.05, 0.1) is 14.2 Å². The highest BCUT2D eigenvalue weighted by Gasteiger charge is 2.41. The van der Waals surface area contributed by atoms with Gasteiger partial charge >= 0.3 is 0 Å². The number of rotatable bonds is 2. The van der Waals surface area contributed by atoms with Crippen molar-refractivity contribution in [3.05, 3.63) is 29.3 Å². The van der Waals surface area contributed by atoms with Crippen molar-refractivity contribution in [1.29, 1.82) is 0 Å². The van der Waals surface area contributed by atoms with Crippen LogP contribution in [0.25, 0.3) is 5.57 Å². The third-order valence-electron chi connectivity index (χ3n) is 4.16. The van der Waals surface area contributed by atoms with Crippen LogP contribution in [0.1, 0.15) is 30.9 Å². The van der Waals surface area contributed by atoms with E-state index in [0.717, 1.165) is 17.9 Å². The molecule has 2 aliphatic rings. The Morgan fingerprint density at radius 1 is 1.18 bits per heavy atom. The second kappa shape index (κ2) is 3.52. The average Bonchev–Trinajstić information content (AvgIpc) is 2.80. The van der Waals surface area contributed by atoms with Crippen LogP contribution in [0.5, 0.6) is 11.5 Å². The van der Waals surface area contributed by atoms with Crippen LogP contribution >= 0.6 is 0 Å². The van der Waals surface area contributed by atoms with E-state index in [0.29, 0.717) is 5.41 Å². The average molecular weight is 230 g/mol. The zero-order valence-corrected chi connectivity index (χ0v) is 10.7. The fourth-order valence-electron chi connectivity index (χ4n) is 3.29. The number of hydrogen-bond acceptors (Lipinski definition) is 2. The monoisotopic (exact) mass is 230 g/mol. The lowest BCUT2D eigenvalue weighted by Crippen LogP contribution is -2.10. The highest BCUT2D eigenvalue weighted by molar-refractivity contribution is 5.83. The lowest BCUT2D eigenvalue weighted by Gasteiger charge is -2.20. The molecule has 0 saturated carbocycles. The molecule has 0 aromatic heterocycles. The molecule has 0 bridgehead atoms. The zero-order valence-electron chi connectivity index (χ0n) is 10.7. The third-order valence-corrected chi connectivity index (χ3v) is 4.16. The SMILES string of the molecule is COc1cc2c(c(OC)c1)C1=CCCC1(C)C2. The van der Waals surface area contributed by atoms with Gasteiger partial charge in [0.25, 0.3) is 0 Å². The van der Waals surface area contributed by atoms with Gasteiger partial charge in [-0.25, -0.2) is 0 Å². The fraction of sp³-hybridized carbons (Fsp3) is 0.467. The second-order valence-electron chi connectivity index (χ2n) is 5.26. The summed E-state index contributed by atoms with van der Waals surface area (Å²) in [5, 5.41) is 0. The van der Waals surface area contributed by atoms with Gasteiger partial charge in [-0.2, -0.15) is 0 Å². The first-order valence-corrected chi connectivity index (χ1v) is 6.14. The molecular formula is C15H18O2. The minimum Gasteiger partial charge on any atom is -0.497 e. The molecule has 0 amide bonds. The summed E-state index contributed by atoms with van der Waals surface area (Å²) < 4.78 is 10.9. The van der Waals surface area contributed by atoms with Crippen LogP contribution in [0.4, 0.5) is 0 Å². The molecule has 1 aromatic rings. The van der Waals surface area contributed by atoms with E-state index in [2.05, 4.69) is 19.1 Å². The molecule has 2 aliphatic carbocycles. The van der Waals surface area contributed by atoms with Gasteiger partial charge in [-0.1, -0.05) is 13.0 Å². The lowest BCUT2D eigenvalue weighted by molar-refractivity contribution is 0.393. The lowest BCUT2D eigenvalue weighted by atomic mass is 9.84. The molecule has 1 unspecified atom stereocenters. The summed E-state index contributed by atoms with van der Waals surface area (Å²) in [5.41, 5.74) is 4.48. The quantitative estimate of drug-likeness (QED) is 0.774. The summed E-state index contributed by atoms with van der Waals surface area (Å²) in [6.45, 7) is 2.36. The summed E-state index contributed by atoms with van der Waals surface area (Å²) in [5.74, 6) is 1.85. The van der Waals surface area contributed by atoms with E-state index >= 15 is 0 Å². The minimum absolute atomic E-state index is 0.321. The van der Waals surface area contributed by atoms with E-state index in [1.807, 2.05) is 6.07 Å². The molecule has 17 heavy (non-hydrogen) atoms. The van der Waals surface area contributed by atoms with Gasteiger partial charge in [0.15, 0.2) is 0 Å². The second-order valence-corrected chi connectivity index (χ2v) is 5.26. The molecule has 0 saturated heterocycles. The Bertz CT molecular complexity index is 502. The van der Waals surface area contributed by atoms with Crippen molar-refractivity contribution in [2.24, 2.45) is 5.41 Å².